The first kappa shape index (κ1) is 17.4. The molecule has 0 aliphatic carbocycles. The number of fused-ring (bicyclic) bond motifs is 2. The molecule has 0 spiro atoms. The van der Waals surface area contributed by atoms with Crippen LogP contribution >= 0.6 is 11.8 Å². The minimum Gasteiger partial charge on any atom is -0.496 e. The van der Waals surface area contributed by atoms with Crippen LogP contribution in [0.3, 0.4) is 0 Å². The van der Waals surface area contributed by atoms with Crippen molar-refractivity contribution in [2.24, 2.45) is 5.92 Å². The van der Waals surface area contributed by atoms with E-state index in [1.807, 2.05) is 48.5 Å². The number of rotatable bonds is 5. The van der Waals surface area contributed by atoms with Crippen LogP contribution < -0.4 is 10.1 Å². The largest absolute Gasteiger partial charge is 0.496 e. The molecule has 4 rings (SSSR count). The van der Waals surface area contributed by atoms with Crippen molar-refractivity contribution in [2.45, 2.75) is 28.7 Å². The maximum Gasteiger partial charge on any atom is 0.251 e. The highest BCUT2D eigenvalue weighted by atomic mass is 32.2. The highest BCUT2D eigenvalue weighted by Gasteiger charge is 2.32. The number of benzene rings is 2. The molecule has 2 bridgehead atoms. The Hall–Kier alpha value is -1.98. The van der Waals surface area contributed by atoms with Crippen LogP contribution in [0.2, 0.25) is 0 Å². The van der Waals surface area contributed by atoms with Crippen molar-refractivity contribution in [3.8, 4) is 5.75 Å². The molecule has 5 heteroatoms. The molecule has 2 aliphatic rings. The van der Waals surface area contributed by atoms with Crippen molar-refractivity contribution in [3.63, 3.8) is 0 Å². The average molecular weight is 369 g/mol. The molecule has 2 fully saturated rings. The Morgan fingerprint density at radius 3 is 2.73 bits per heavy atom. The summed E-state index contributed by atoms with van der Waals surface area (Å²) < 4.78 is 5.40. The minimum atomic E-state index is 0.0336. The van der Waals surface area contributed by atoms with Gasteiger partial charge in [0.25, 0.3) is 5.91 Å². The third-order valence-corrected chi connectivity index (χ3v) is 6.28. The molecule has 0 saturated carbocycles. The number of amides is 1. The number of ether oxygens (including phenoxy) is 1. The first-order valence-electron chi connectivity index (χ1n) is 9.15. The zero-order valence-corrected chi connectivity index (χ0v) is 15.8. The van der Waals surface area contributed by atoms with Crippen LogP contribution in [0.5, 0.6) is 5.75 Å². The SMILES string of the molecule is COc1ccccc1Sc1ccc(C(=O)NC2CC3CCN(C3)C2)cc1. The van der Waals surface area contributed by atoms with E-state index >= 15 is 0 Å². The number of para-hydroxylation sites is 1. The predicted molar refractivity (Wildman–Crippen MR) is 104 cm³/mol. The molecule has 0 radical (unpaired) electrons. The van der Waals surface area contributed by atoms with Crippen molar-refractivity contribution in [2.75, 3.05) is 26.7 Å². The van der Waals surface area contributed by atoms with Crippen LogP contribution in [0.15, 0.2) is 58.3 Å². The summed E-state index contributed by atoms with van der Waals surface area (Å²) in [6, 6.07) is 16.1. The lowest BCUT2D eigenvalue weighted by Gasteiger charge is -2.30. The van der Waals surface area contributed by atoms with E-state index < -0.39 is 0 Å². The van der Waals surface area contributed by atoms with Gasteiger partial charge in [0.2, 0.25) is 0 Å². The van der Waals surface area contributed by atoms with Gasteiger partial charge >= 0.3 is 0 Å². The molecular formula is C21H24N2O2S. The Kier molecular flexibility index (Phi) is 5.18. The number of nitrogens with zero attached hydrogens (tertiary/aromatic N) is 1. The van der Waals surface area contributed by atoms with Gasteiger partial charge < -0.3 is 15.0 Å². The minimum absolute atomic E-state index is 0.0336. The Bertz CT molecular complexity index is 766. The van der Waals surface area contributed by atoms with Gasteiger partial charge in [-0.2, -0.15) is 0 Å². The third-order valence-electron chi connectivity index (χ3n) is 5.22. The number of hydrogen-bond acceptors (Lipinski definition) is 4. The van der Waals surface area contributed by atoms with Crippen molar-refractivity contribution >= 4 is 17.7 Å². The van der Waals surface area contributed by atoms with E-state index in [9.17, 15) is 4.79 Å². The van der Waals surface area contributed by atoms with Gasteiger partial charge in [-0.05, 0) is 61.7 Å². The molecule has 1 N–H and O–H groups in total. The molecule has 2 aliphatic heterocycles. The molecule has 4 nitrogen and oxygen atoms in total. The van der Waals surface area contributed by atoms with Crippen LogP contribution in [0.25, 0.3) is 0 Å². The summed E-state index contributed by atoms with van der Waals surface area (Å²) >= 11 is 1.64. The summed E-state index contributed by atoms with van der Waals surface area (Å²) in [5.74, 6) is 1.65. The van der Waals surface area contributed by atoms with Gasteiger partial charge in [0.15, 0.2) is 0 Å². The number of carbonyl (C=O) groups is 1. The summed E-state index contributed by atoms with van der Waals surface area (Å²) in [5.41, 5.74) is 0.724. The fourth-order valence-electron chi connectivity index (χ4n) is 3.94. The predicted octanol–water partition coefficient (Wildman–Crippen LogP) is 3.67. The highest BCUT2D eigenvalue weighted by Crippen LogP contribution is 2.34. The monoisotopic (exact) mass is 368 g/mol. The van der Waals surface area contributed by atoms with Gasteiger partial charge in [0.05, 0.1) is 12.0 Å². The standard InChI is InChI=1S/C21H24N2O2S/c1-25-19-4-2-3-5-20(19)26-18-8-6-16(7-9-18)21(24)22-17-12-15-10-11-23(13-15)14-17/h2-9,15,17H,10-14H2,1H3,(H,22,24). The fraction of sp³-hybridized carbons (Fsp3) is 0.381. The number of carbonyl (C=O) groups excluding carboxylic acids is 1. The molecular weight excluding hydrogens is 344 g/mol. The van der Waals surface area contributed by atoms with E-state index in [1.54, 1.807) is 18.9 Å². The Morgan fingerprint density at radius 1 is 1.15 bits per heavy atom. The van der Waals surface area contributed by atoms with Crippen LogP contribution in [-0.2, 0) is 0 Å². The zero-order valence-electron chi connectivity index (χ0n) is 15.0. The van der Waals surface area contributed by atoms with E-state index in [1.165, 1.54) is 19.5 Å². The van der Waals surface area contributed by atoms with Crippen LogP contribution in [0.4, 0.5) is 0 Å². The third kappa shape index (κ3) is 3.89. The molecule has 3 unspecified atom stereocenters. The van der Waals surface area contributed by atoms with E-state index in [2.05, 4.69) is 10.2 Å². The Morgan fingerprint density at radius 2 is 1.96 bits per heavy atom. The average Bonchev–Trinajstić information content (AvgIpc) is 3.01. The van der Waals surface area contributed by atoms with Gasteiger partial charge in [-0.15, -0.1) is 0 Å². The number of nitrogens with one attached hydrogen (secondary N) is 1. The summed E-state index contributed by atoms with van der Waals surface area (Å²) in [6.07, 6.45) is 2.39. The molecule has 0 aromatic heterocycles. The van der Waals surface area contributed by atoms with E-state index in [4.69, 9.17) is 4.74 Å². The second kappa shape index (κ2) is 7.72. The van der Waals surface area contributed by atoms with Crippen LogP contribution in [-0.4, -0.2) is 43.6 Å². The van der Waals surface area contributed by atoms with E-state index in [-0.39, 0.29) is 11.9 Å². The smallest absolute Gasteiger partial charge is 0.251 e. The number of methoxy groups -OCH3 is 1. The Labute approximate surface area is 158 Å². The molecule has 1 amide bonds. The molecule has 136 valence electrons. The molecule has 2 heterocycles. The van der Waals surface area contributed by atoms with Gasteiger partial charge in [-0.1, -0.05) is 23.9 Å². The van der Waals surface area contributed by atoms with Gasteiger partial charge in [-0.3, -0.25) is 4.79 Å². The van der Waals surface area contributed by atoms with Crippen molar-refractivity contribution in [1.29, 1.82) is 0 Å². The van der Waals surface area contributed by atoms with Crippen molar-refractivity contribution < 1.29 is 9.53 Å². The first-order chi connectivity index (χ1) is 12.7. The summed E-state index contributed by atoms with van der Waals surface area (Å²) in [6.45, 7) is 3.39. The maximum absolute atomic E-state index is 12.6. The quantitative estimate of drug-likeness (QED) is 0.874. The molecule has 2 aromatic carbocycles. The second-order valence-electron chi connectivity index (χ2n) is 7.10. The van der Waals surface area contributed by atoms with Crippen molar-refractivity contribution in [1.82, 2.24) is 10.2 Å². The number of piperidine rings is 1. The molecule has 2 aromatic rings. The van der Waals surface area contributed by atoms with E-state index in [0.29, 0.717) is 0 Å². The summed E-state index contributed by atoms with van der Waals surface area (Å²) in [4.78, 5) is 17.2. The zero-order chi connectivity index (χ0) is 17.9. The lowest BCUT2D eigenvalue weighted by Crippen LogP contribution is -2.47. The second-order valence-corrected chi connectivity index (χ2v) is 8.21. The lowest BCUT2D eigenvalue weighted by atomic mass is 9.96. The lowest BCUT2D eigenvalue weighted by molar-refractivity contribution is 0.0909. The van der Waals surface area contributed by atoms with Crippen LogP contribution in [0, 0.1) is 5.92 Å². The van der Waals surface area contributed by atoms with E-state index in [0.717, 1.165) is 40.0 Å². The van der Waals surface area contributed by atoms with Gasteiger partial charge in [0, 0.05) is 29.6 Å². The summed E-state index contributed by atoms with van der Waals surface area (Å²) in [5, 5.41) is 3.22. The van der Waals surface area contributed by atoms with Gasteiger partial charge in [-0.25, -0.2) is 0 Å². The fourth-order valence-corrected chi connectivity index (χ4v) is 4.86. The van der Waals surface area contributed by atoms with Crippen molar-refractivity contribution in [3.05, 3.63) is 54.1 Å². The topological polar surface area (TPSA) is 41.6 Å². The Balaban J connectivity index is 1.38. The highest BCUT2D eigenvalue weighted by molar-refractivity contribution is 7.99. The maximum atomic E-state index is 12.6. The molecule has 26 heavy (non-hydrogen) atoms. The molecule has 3 atom stereocenters. The van der Waals surface area contributed by atoms with Crippen LogP contribution in [0.1, 0.15) is 23.2 Å². The van der Waals surface area contributed by atoms with Gasteiger partial charge in [0.1, 0.15) is 5.75 Å². The normalized spacial score (nSPS) is 24.3. The molecule has 2 saturated heterocycles. The number of hydrogen-bond donors (Lipinski definition) is 1. The first-order valence-corrected chi connectivity index (χ1v) is 9.97. The summed E-state index contributed by atoms with van der Waals surface area (Å²) in [7, 11) is 1.68.